The first-order valence-corrected chi connectivity index (χ1v) is 8.64. The average molecular weight is 345 g/mol. The maximum atomic E-state index is 13.4. The zero-order valence-electron chi connectivity index (χ0n) is 11.6. The number of thiophene rings is 1. The summed E-state index contributed by atoms with van der Waals surface area (Å²) in [6, 6.07) is 6.69. The zero-order chi connectivity index (χ0) is 16.3. The van der Waals surface area contributed by atoms with Gasteiger partial charge in [0, 0.05) is 11.3 Å². The molecule has 0 aliphatic rings. The van der Waals surface area contributed by atoms with Gasteiger partial charge in [0.25, 0.3) is 10.0 Å². The SMILES string of the molecule is Cc1ccc(S(=O)(=O)NC(=O)CCc2cccc(F)c2F)s1. The number of halogens is 2. The lowest BCUT2D eigenvalue weighted by atomic mass is 10.1. The standard InChI is InChI=1S/C14H13F2NO3S2/c1-9-5-8-13(21-9)22(19,20)17-12(18)7-6-10-3-2-4-11(15)14(10)16/h2-5,8H,6-7H2,1H3,(H,17,18). The Hall–Kier alpha value is -1.80. The van der Waals surface area contributed by atoms with E-state index in [2.05, 4.69) is 0 Å². The molecule has 0 aliphatic heterocycles. The normalized spacial score (nSPS) is 11.4. The molecule has 0 spiro atoms. The summed E-state index contributed by atoms with van der Waals surface area (Å²) in [5.41, 5.74) is 0.0273. The minimum atomic E-state index is -3.91. The number of carbonyl (C=O) groups is 1. The highest BCUT2D eigenvalue weighted by Gasteiger charge is 2.19. The van der Waals surface area contributed by atoms with Crippen LogP contribution in [0.15, 0.2) is 34.5 Å². The van der Waals surface area contributed by atoms with Crippen LogP contribution in [0.3, 0.4) is 0 Å². The summed E-state index contributed by atoms with van der Waals surface area (Å²) in [7, 11) is -3.91. The Balaban J connectivity index is 2.00. The van der Waals surface area contributed by atoms with Gasteiger partial charge in [0.05, 0.1) is 0 Å². The fourth-order valence-electron chi connectivity index (χ4n) is 1.80. The van der Waals surface area contributed by atoms with E-state index in [-0.39, 0.29) is 22.6 Å². The molecule has 0 atom stereocenters. The highest BCUT2D eigenvalue weighted by molar-refractivity contribution is 7.92. The molecule has 4 nitrogen and oxygen atoms in total. The van der Waals surface area contributed by atoms with E-state index in [1.165, 1.54) is 18.2 Å². The van der Waals surface area contributed by atoms with Crippen molar-refractivity contribution in [3.05, 3.63) is 52.4 Å². The van der Waals surface area contributed by atoms with Crippen molar-refractivity contribution in [1.29, 1.82) is 0 Å². The van der Waals surface area contributed by atoms with Gasteiger partial charge in [-0.1, -0.05) is 12.1 Å². The van der Waals surface area contributed by atoms with E-state index in [4.69, 9.17) is 0 Å². The van der Waals surface area contributed by atoms with E-state index in [1.54, 1.807) is 13.0 Å². The molecule has 0 unspecified atom stereocenters. The van der Waals surface area contributed by atoms with Crippen molar-refractivity contribution in [1.82, 2.24) is 4.72 Å². The zero-order valence-corrected chi connectivity index (χ0v) is 13.2. The lowest BCUT2D eigenvalue weighted by Crippen LogP contribution is -2.30. The molecule has 22 heavy (non-hydrogen) atoms. The van der Waals surface area contributed by atoms with Crippen LogP contribution in [0.1, 0.15) is 16.9 Å². The third-order valence-corrected chi connectivity index (χ3v) is 5.75. The van der Waals surface area contributed by atoms with Crippen molar-refractivity contribution < 1.29 is 22.0 Å². The predicted octanol–water partition coefficient (Wildman–Crippen LogP) is 2.77. The molecular formula is C14H13F2NO3S2. The maximum Gasteiger partial charge on any atom is 0.273 e. The molecule has 1 aromatic heterocycles. The van der Waals surface area contributed by atoms with Gasteiger partial charge in [-0.05, 0) is 37.1 Å². The van der Waals surface area contributed by atoms with Crippen molar-refractivity contribution >= 4 is 27.3 Å². The van der Waals surface area contributed by atoms with Crippen LogP contribution in [-0.4, -0.2) is 14.3 Å². The van der Waals surface area contributed by atoms with E-state index in [9.17, 15) is 22.0 Å². The monoisotopic (exact) mass is 345 g/mol. The van der Waals surface area contributed by atoms with E-state index in [0.717, 1.165) is 22.3 Å². The molecule has 1 N–H and O–H groups in total. The van der Waals surface area contributed by atoms with Gasteiger partial charge in [-0.25, -0.2) is 21.9 Å². The van der Waals surface area contributed by atoms with E-state index in [1.807, 2.05) is 4.72 Å². The van der Waals surface area contributed by atoms with Crippen molar-refractivity contribution in [3.8, 4) is 0 Å². The molecule has 0 radical (unpaired) electrons. The van der Waals surface area contributed by atoms with Crippen LogP contribution >= 0.6 is 11.3 Å². The van der Waals surface area contributed by atoms with Crippen molar-refractivity contribution in [2.24, 2.45) is 0 Å². The molecule has 1 heterocycles. The van der Waals surface area contributed by atoms with E-state index in [0.29, 0.717) is 0 Å². The van der Waals surface area contributed by atoms with E-state index >= 15 is 0 Å². The smallest absolute Gasteiger partial charge is 0.273 e. The average Bonchev–Trinajstić information content (AvgIpc) is 2.87. The topological polar surface area (TPSA) is 63.2 Å². The molecule has 8 heteroatoms. The first kappa shape index (κ1) is 16.6. The Morgan fingerprint density at radius 3 is 2.59 bits per heavy atom. The number of rotatable bonds is 5. The Morgan fingerprint density at radius 1 is 1.23 bits per heavy atom. The number of benzene rings is 1. The van der Waals surface area contributed by atoms with Gasteiger partial charge in [0.15, 0.2) is 11.6 Å². The highest BCUT2D eigenvalue weighted by atomic mass is 32.2. The second kappa shape index (κ2) is 6.53. The predicted molar refractivity (Wildman–Crippen MR) is 79.1 cm³/mol. The van der Waals surface area contributed by atoms with Gasteiger partial charge in [-0.3, -0.25) is 4.79 Å². The number of sulfonamides is 1. The third kappa shape index (κ3) is 3.89. The van der Waals surface area contributed by atoms with Gasteiger partial charge < -0.3 is 0 Å². The number of amides is 1. The minimum Gasteiger partial charge on any atom is -0.274 e. The molecule has 0 saturated carbocycles. The Labute approximate surface area is 130 Å². The van der Waals surface area contributed by atoms with Crippen LogP contribution in [0.5, 0.6) is 0 Å². The van der Waals surface area contributed by atoms with Crippen LogP contribution in [0.2, 0.25) is 0 Å². The van der Waals surface area contributed by atoms with Crippen LogP contribution in [0.25, 0.3) is 0 Å². The van der Waals surface area contributed by atoms with Crippen LogP contribution in [-0.2, 0) is 21.2 Å². The van der Waals surface area contributed by atoms with Gasteiger partial charge in [0.1, 0.15) is 4.21 Å². The first-order valence-electron chi connectivity index (χ1n) is 6.34. The number of carbonyl (C=O) groups excluding carboxylic acids is 1. The van der Waals surface area contributed by atoms with Crippen molar-refractivity contribution in [3.63, 3.8) is 0 Å². The molecule has 0 aliphatic carbocycles. The molecule has 1 amide bonds. The summed E-state index contributed by atoms with van der Waals surface area (Å²) in [6.45, 7) is 1.75. The molecule has 2 rings (SSSR count). The van der Waals surface area contributed by atoms with Gasteiger partial charge in [-0.15, -0.1) is 11.3 Å². The van der Waals surface area contributed by atoms with Gasteiger partial charge in [0.2, 0.25) is 5.91 Å². The molecule has 1 aromatic carbocycles. The molecule has 0 saturated heterocycles. The summed E-state index contributed by atoms with van der Waals surface area (Å²) < 4.78 is 52.3. The fourth-order valence-corrected chi connectivity index (χ4v) is 4.09. The van der Waals surface area contributed by atoms with Crippen LogP contribution in [0.4, 0.5) is 8.78 Å². The summed E-state index contributed by atoms with van der Waals surface area (Å²) in [6.07, 6.45) is -0.349. The Kier molecular flexibility index (Phi) is 4.92. The molecular weight excluding hydrogens is 332 g/mol. The second-order valence-electron chi connectivity index (χ2n) is 4.61. The number of nitrogens with one attached hydrogen (secondary N) is 1. The largest absolute Gasteiger partial charge is 0.274 e. The molecule has 0 fully saturated rings. The van der Waals surface area contributed by atoms with Crippen molar-refractivity contribution in [2.75, 3.05) is 0 Å². The molecule has 118 valence electrons. The number of aryl methyl sites for hydroxylation is 2. The first-order chi connectivity index (χ1) is 10.3. The Bertz CT molecular complexity index is 800. The fraction of sp³-hybridized carbons (Fsp3) is 0.214. The third-order valence-electron chi connectivity index (χ3n) is 2.88. The van der Waals surface area contributed by atoms with Crippen LogP contribution < -0.4 is 4.72 Å². The maximum absolute atomic E-state index is 13.4. The number of hydrogen-bond acceptors (Lipinski definition) is 4. The quantitative estimate of drug-likeness (QED) is 0.906. The summed E-state index contributed by atoms with van der Waals surface area (Å²) in [4.78, 5) is 12.5. The lowest BCUT2D eigenvalue weighted by molar-refractivity contribution is -0.119. The summed E-state index contributed by atoms with van der Waals surface area (Å²) in [5, 5.41) is 0. The van der Waals surface area contributed by atoms with Gasteiger partial charge >= 0.3 is 0 Å². The minimum absolute atomic E-state index is 0.0273. The lowest BCUT2D eigenvalue weighted by Gasteiger charge is -2.06. The summed E-state index contributed by atoms with van der Waals surface area (Å²) in [5.74, 6) is -2.79. The number of hydrogen-bond donors (Lipinski definition) is 1. The Morgan fingerprint density at radius 2 is 1.95 bits per heavy atom. The van der Waals surface area contributed by atoms with Crippen LogP contribution in [0, 0.1) is 18.6 Å². The molecule has 0 bridgehead atoms. The van der Waals surface area contributed by atoms with Crippen molar-refractivity contribution in [2.45, 2.75) is 24.0 Å². The molecule has 2 aromatic rings. The second-order valence-corrected chi connectivity index (χ2v) is 7.80. The van der Waals surface area contributed by atoms with E-state index < -0.39 is 27.6 Å². The van der Waals surface area contributed by atoms with Gasteiger partial charge in [-0.2, -0.15) is 0 Å². The highest BCUT2D eigenvalue weighted by Crippen LogP contribution is 2.20. The summed E-state index contributed by atoms with van der Waals surface area (Å²) >= 11 is 1.04.